The van der Waals surface area contributed by atoms with E-state index in [-0.39, 0.29) is 31.6 Å². The third-order valence-corrected chi connectivity index (χ3v) is 11.7. The van der Waals surface area contributed by atoms with Gasteiger partial charge in [0.1, 0.15) is 6.61 Å². The largest absolute Gasteiger partial charge is 0.481 e. The first-order valence-corrected chi connectivity index (χ1v) is 16.4. The van der Waals surface area contributed by atoms with E-state index in [1.54, 1.807) is 5.57 Å². The van der Waals surface area contributed by atoms with Gasteiger partial charge < -0.3 is 19.9 Å². The fourth-order valence-electron chi connectivity index (χ4n) is 9.56. The molecular formula is C34H57NO5. The van der Waals surface area contributed by atoms with Crippen LogP contribution in [0.2, 0.25) is 0 Å². The van der Waals surface area contributed by atoms with E-state index in [1.807, 2.05) is 0 Å². The quantitative estimate of drug-likeness (QED) is 0.176. The molecule has 4 aliphatic carbocycles. The summed E-state index contributed by atoms with van der Waals surface area (Å²) in [5.41, 5.74) is 2.41. The van der Waals surface area contributed by atoms with Gasteiger partial charge in [0.2, 0.25) is 5.91 Å². The van der Waals surface area contributed by atoms with Crippen molar-refractivity contribution >= 4 is 11.9 Å². The van der Waals surface area contributed by atoms with E-state index in [0.717, 1.165) is 48.3 Å². The fourth-order valence-corrected chi connectivity index (χ4v) is 9.56. The third-order valence-electron chi connectivity index (χ3n) is 11.7. The maximum atomic E-state index is 12.3. The lowest BCUT2D eigenvalue weighted by Gasteiger charge is -2.58. The van der Waals surface area contributed by atoms with Gasteiger partial charge in [-0.05, 0) is 97.7 Å². The fraction of sp³-hybridized carbons (Fsp3) is 0.882. The molecule has 3 fully saturated rings. The van der Waals surface area contributed by atoms with E-state index < -0.39 is 5.97 Å². The molecule has 0 radical (unpaired) electrons. The summed E-state index contributed by atoms with van der Waals surface area (Å²) in [4.78, 5) is 22.8. The molecule has 0 spiro atoms. The summed E-state index contributed by atoms with van der Waals surface area (Å²) in [7, 11) is 0. The van der Waals surface area contributed by atoms with E-state index in [0.29, 0.717) is 24.0 Å². The van der Waals surface area contributed by atoms with Crippen LogP contribution in [0.5, 0.6) is 0 Å². The summed E-state index contributed by atoms with van der Waals surface area (Å²) in [5, 5.41) is 11.5. The Labute approximate surface area is 243 Å². The van der Waals surface area contributed by atoms with Crippen LogP contribution in [0.1, 0.15) is 112 Å². The smallest absolute Gasteiger partial charge is 0.305 e. The SMILES string of the molecule is CC(C)CCC[C@@H](C)[C@H]1CC[C@H]2[C@@H]3CC=C4CC(OCC(=O)NCCOCCC(=O)O)CC[C@]4(C)[C@H]3CC[C@]12C. The van der Waals surface area contributed by atoms with E-state index in [9.17, 15) is 9.59 Å². The zero-order valence-corrected chi connectivity index (χ0v) is 26.0. The Balaban J connectivity index is 1.26. The number of carbonyl (C=O) groups is 2. The molecule has 0 saturated heterocycles. The molecule has 3 saturated carbocycles. The van der Waals surface area contributed by atoms with Crippen LogP contribution in [0, 0.1) is 46.3 Å². The van der Waals surface area contributed by atoms with E-state index >= 15 is 0 Å². The van der Waals surface area contributed by atoms with Gasteiger partial charge in [-0.2, -0.15) is 0 Å². The molecule has 0 aliphatic heterocycles. The molecule has 6 heteroatoms. The highest BCUT2D eigenvalue weighted by Crippen LogP contribution is 2.67. The number of aliphatic carboxylic acids is 1. The van der Waals surface area contributed by atoms with Crippen molar-refractivity contribution < 1.29 is 24.2 Å². The average molecular weight is 560 g/mol. The number of rotatable bonds is 14. The number of carboxylic acids is 1. The number of allylic oxidation sites excluding steroid dienone is 1. The second-order valence-electron chi connectivity index (χ2n) is 14.6. The van der Waals surface area contributed by atoms with Gasteiger partial charge in [0.05, 0.1) is 25.7 Å². The van der Waals surface area contributed by atoms with Gasteiger partial charge in [0.15, 0.2) is 0 Å². The van der Waals surface area contributed by atoms with Crippen LogP contribution < -0.4 is 5.32 Å². The van der Waals surface area contributed by atoms with Crippen molar-refractivity contribution in [3.63, 3.8) is 0 Å². The second-order valence-corrected chi connectivity index (χ2v) is 14.6. The molecule has 0 aromatic heterocycles. The standard InChI is InChI=1S/C34H57NO5/c1-23(2)7-6-8-24(3)28-11-12-29-27-10-9-25-21-26(13-16-33(25,4)30(27)14-17-34(28,29)5)40-22-31(36)35-18-20-39-19-15-32(37)38/h9,23-24,26-30H,6-8,10-22H2,1-5H3,(H,35,36)(H,37,38)/t24-,26?,27+,28-,29+,30+,33+,34-/m1/s1. The highest BCUT2D eigenvalue weighted by molar-refractivity contribution is 5.77. The summed E-state index contributed by atoms with van der Waals surface area (Å²) in [6, 6.07) is 0. The Morgan fingerprint density at radius 2 is 1.85 bits per heavy atom. The van der Waals surface area contributed by atoms with Crippen molar-refractivity contribution in [2.24, 2.45) is 46.3 Å². The number of hydrogen-bond donors (Lipinski definition) is 2. The van der Waals surface area contributed by atoms with E-state index in [1.165, 1.54) is 57.8 Å². The predicted molar refractivity (Wildman–Crippen MR) is 159 cm³/mol. The summed E-state index contributed by atoms with van der Waals surface area (Å²) in [6.45, 7) is 13.4. The molecule has 0 heterocycles. The number of ether oxygens (including phenoxy) is 2. The predicted octanol–water partition coefficient (Wildman–Crippen LogP) is 7.02. The van der Waals surface area contributed by atoms with Crippen molar-refractivity contribution in [3.8, 4) is 0 Å². The molecule has 1 amide bonds. The first kappa shape index (κ1) is 31.5. The molecule has 228 valence electrons. The highest BCUT2D eigenvalue weighted by atomic mass is 16.5. The lowest BCUT2D eigenvalue weighted by Crippen LogP contribution is -2.51. The topological polar surface area (TPSA) is 84.9 Å². The first-order chi connectivity index (χ1) is 19.0. The molecule has 0 bridgehead atoms. The Hall–Kier alpha value is -1.40. The zero-order chi connectivity index (χ0) is 28.9. The van der Waals surface area contributed by atoms with Crippen molar-refractivity contribution in [1.29, 1.82) is 0 Å². The molecule has 6 nitrogen and oxygen atoms in total. The molecular weight excluding hydrogens is 502 g/mol. The summed E-state index contributed by atoms with van der Waals surface area (Å²) < 4.78 is 11.3. The minimum Gasteiger partial charge on any atom is -0.481 e. The monoisotopic (exact) mass is 559 g/mol. The van der Waals surface area contributed by atoms with E-state index in [4.69, 9.17) is 14.6 Å². The lowest BCUT2D eigenvalue weighted by molar-refractivity contribution is -0.138. The number of nitrogens with one attached hydrogen (secondary N) is 1. The van der Waals surface area contributed by atoms with Crippen LogP contribution in [0.3, 0.4) is 0 Å². The number of hydrogen-bond acceptors (Lipinski definition) is 4. The van der Waals surface area contributed by atoms with Crippen LogP contribution in [-0.2, 0) is 19.1 Å². The van der Waals surface area contributed by atoms with Gasteiger partial charge in [-0.25, -0.2) is 0 Å². The van der Waals surface area contributed by atoms with Crippen LogP contribution >= 0.6 is 0 Å². The van der Waals surface area contributed by atoms with Gasteiger partial charge in [0.25, 0.3) is 0 Å². The minimum absolute atomic E-state index is 0.0205. The van der Waals surface area contributed by atoms with Crippen LogP contribution in [0.4, 0.5) is 0 Å². The van der Waals surface area contributed by atoms with Crippen molar-refractivity contribution in [3.05, 3.63) is 11.6 Å². The Morgan fingerprint density at radius 1 is 1.05 bits per heavy atom. The number of amides is 1. The van der Waals surface area contributed by atoms with Crippen molar-refractivity contribution in [2.75, 3.05) is 26.4 Å². The second kappa shape index (κ2) is 13.7. The van der Waals surface area contributed by atoms with Crippen molar-refractivity contribution in [1.82, 2.24) is 5.32 Å². The molecule has 4 aliphatic rings. The van der Waals surface area contributed by atoms with Crippen LogP contribution in [0.25, 0.3) is 0 Å². The Morgan fingerprint density at radius 3 is 2.60 bits per heavy atom. The molecule has 1 unspecified atom stereocenters. The molecule has 4 rings (SSSR count). The normalized spacial score (nSPS) is 35.9. The Bertz CT molecular complexity index is 901. The van der Waals surface area contributed by atoms with Gasteiger partial charge in [-0.1, -0.05) is 65.5 Å². The minimum atomic E-state index is -0.878. The van der Waals surface area contributed by atoms with E-state index in [2.05, 4.69) is 46.0 Å². The molecule has 0 aromatic carbocycles. The summed E-state index contributed by atoms with van der Waals surface area (Å²) in [5.74, 6) is 4.07. The number of carbonyl (C=O) groups excluding carboxylic acids is 1. The van der Waals surface area contributed by atoms with Gasteiger partial charge in [-0.15, -0.1) is 0 Å². The third kappa shape index (κ3) is 7.14. The molecule has 8 atom stereocenters. The molecule has 0 aromatic rings. The maximum absolute atomic E-state index is 12.3. The summed E-state index contributed by atoms with van der Waals surface area (Å²) in [6.07, 6.45) is 16.9. The van der Waals surface area contributed by atoms with Crippen LogP contribution in [-0.4, -0.2) is 49.5 Å². The first-order valence-electron chi connectivity index (χ1n) is 16.4. The van der Waals surface area contributed by atoms with Gasteiger partial charge >= 0.3 is 5.97 Å². The Kier molecular flexibility index (Phi) is 10.8. The highest BCUT2D eigenvalue weighted by Gasteiger charge is 2.59. The average Bonchev–Trinajstić information content (AvgIpc) is 3.26. The van der Waals surface area contributed by atoms with Gasteiger partial charge in [-0.3, -0.25) is 9.59 Å². The molecule has 2 N–H and O–H groups in total. The number of carboxylic acid groups (broad SMARTS) is 1. The van der Waals surface area contributed by atoms with Gasteiger partial charge in [0, 0.05) is 6.54 Å². The maximum Gasteiger partial charge on any atom is 0.305 e. The van der Waals surface area contributed by atoms with Crippen LogP contribution in [0.15, 0.2) is 11.6 Å². The summed E-state index contributed by atoms with van der Waals surface area (Å²) >= 11 is 0. The lowest BCUT2D eigenvalue weighted by atomic mass is 9.47. The number of fused-ring (bicyclic) bond motifs is 5. The molecule has 40 heavy (non-hydrogen) atoms. The van der Waals surface area contributed by atoms with Crippen molar-refractivity contribution in [2.45, 2.75) is 118 Å². The zero-order valence-electron chi connectivity index (χ0n) is 26.0.